The number of anilines is 4. The van der Waals surface area contributed by atoms with Crippen LogP contribution in [0.15, 0.2) is 61.2 Å². The molecule has 0 spiro atoms. The Kier molecular flexibility index (Phi) is 4.33. The summed E-state index contributed by atoms with van der Waals surface area (Å²) in [4.78, 5) is 12.4. The average Bonchev–Trinajstić information content (AvgIpc) is 2.60. The van der Waals surface area contributed by atoms with Crippen LogP contribution in [0.2, 0.25) is 0 Å². The van der Waals surface area contributed by atoms with Gasteiger partial charge in [-0.15, -0.1) is 0 Å². The van der Waals surface area contributed by atoms with Gasteiger partial charge in [-0.25, -0.2) is 9.97 Å². The van der Waals surface area contributed by atoms with E-state index < -0.39 is 0 Å². The van der Waals surface area contributed by atoms with Crippen LogP contribution in [-0.2, 0) is 0 Å². The van der Waals surface area contributed by atoms with Gasteiger partial charge in [-0.05, 0) is 24.6 Å². The zero-order chi connectivity index (χ0) is 16.1. The number of hydrogen-bond donors (Lipinski definition) is 3. The molecule has 0 saturated carbocycles. The molecular weight excluding hydrogens is 288 g/mol. The molecule has 23 heavy (non-hydrogen) atoms. The van der Waals surface area contributed by atoms with Crippen molar-refractivity contribution in [2.45, 2.75) is 13.0 Å². The summed E-state index contributed by atoms with van der Waals surface area (Å²) < 4.78 is 0. The first-order valence-electron chi connectivity index (χ1n) is 7.33. The summed E-state index contributed by atoms with van der Waals surface area (Å²) in [6.07, 6.45) is 4.90. The second kappa shape index (κ2) is 6.74. The van der Waals surface area contributed by atoms with Crippen molar-refractivity contribution in [1.82, 2.24) is 15.0 Å². The lowest BCUT2D eigenvalue weighted by molar-refractivity contribution is 0.873. The summed E-state index contributed by atoms with van der Waals surface area (Å²) in [5, 5.41) is 6.49. The predicted octanol–water partition coefficient (Wildman–Crippen LogP) is 3.37. The van der Waals surface area contributed by atoms with E-state index in [0.29, 0.717) is 17.3 Å². The summed E-state index contributed by atoms with van der Waals surface area (Å²) in [6, 6.07) is 13.9. The van der Waals surface area contributed by atoms with Crippen LogP contribution in [0.3, 0.4) is 0 Å². The minimum Gasteiger partial charge on any atom is -0.393 e. The van der Waals surface area contributed by atoms with E-state index in [0.717, 1.165) is 11.3 Å². The van der Waals surface area contributed by atoms with Gasteiger partial charge in [0.25, 0.3) is 0 Å². The van der Waals surface area contributed by atoms with E-state index in [1.165, 1.54) is 6.33 Å². The molecule has 0 bridgehead atoms. The van der Waals surface area contributed by atoms with E-state index >= 15 is 0 Å². The largest absolute Gasteiger partial charge is 0.393 e. The Morgan fingerprint density at radius 3 is 2.39 bits per heavy atom. The SMILES string of the molecule is CC(Nc1ncnc(Nc2ccncc2)c1N)c1ccccc1. The number of pyridine rings is 1. The van der Waals surface area contributed by atoms with Crippen LogP contribution in [0, 0.1) is 0 Å². The fraction of sp³-hybridized carbons (Fsp3) is 0.118. The molecule has 6 nitrogen and oxygen atoms in total. The van der Waals surface area contributed by atoms with E-state index in [4.69, 9.17) is 5.73 Å². The monoisotopic (exact) mass is 306 g/mol. The van der Waals surface area contributed by atoms with E-state index in [1.54, 1.807) is 12.4 Å². The van der Waals surface area contributed by atoms with Crippen molar-refractivity contribution < 1.29 is 0 Å². The second-order valence-corrected chi connectivity index (χ2v) is 5.12. The lowest BCUT2D eigenvalue weighted by atomic mass is 10.1. The third-order valence-electron chi connectivity index (χ3n) is 3.48. The standard InChI is InChI=1S/C17H18N6/c1-12(13-5-3-2-4-6-13)22-16-15(18)17(21-11-20-16)23-14-7-9-19-10-8-14/h2-12H,18H2,1H3,(H2,19,20,21,22,23). The highest BCUT2D eigenvalue weighted by Gasteiger charge is 2.12. The van der Waals surface area contributed by atoms with Gasteiger partial charge in [0.15, 0.2) is 11.6 Å². The van der Waals surface area contributed by atoms with Gasteiger partial charge >= 0.3 is 0 Å². The van der Waals surface area contributed by atoms with Gasteiger partial charge < -0.3 is 16.4 Å². The zero-order valence-electron chi connectivity index (χ0n) is 12.8. The Morgan fingerprint density at radius 1 is 0.957 bits per heavy atom. The molecule has 0 aliphatic heterocycles. The van der Waals surface area contributed by atoms with E-state index in [9.17, 15) is 0 Å². The number of nitrogens with zero attached hydrogens (tertiary/aromatic N) is 3. The number of nitrogens with one attached hydrogen (secondary N) is 2. The first-order chi connectivity index (χ1) is 11.2. The molecule has 1 atom stereocenters. The van der Waals surface area contributed by atoms with Crippen molar-refractivity contribution in [2.75, 3.05) is 16.4 Å². The van der Waals surface area contributed by atoms with E-state index in [2.05, 4.69) is 44.6 Å². The van der Waals surface area contributed by atoms with E-state index in [-0.39, 0.29) is 6.04 Å². The fourth-order valence-electron chi connectivity index (χ4n) is 2.21. The maximum Gasteiger partial charge on any atom is 0.159 e. The molecule has 0 radical (unpaired) electrons. The average molecular weight is 306 g/mol. The van der Waals surface area contributed by atoms with Gasteiger partial charge in [-0.3, -0.25) is 4.98 Å². The maximum atomic E-state index is 6.19. The van der Waals surface area contributed by atoms with Crippen molar-refractivity contribution in [3.63, 3.8) is 0 Å². The highest BCUT2D eigenvalue weighted by molar-refractivity contribution is 5.77. The van der Waals surface area contributed by atoms with Crippen LogP contribution in [0.5, 0.6) is 0 Å². The third-order valence-corrected chi connectivity index (χ3v) is 3.48. The van der Waals surface area contributed by atoms with Crippen LogP contribution >= 0.6 is 0 Å². The number of benzene rings is 1. The van der Waals surface area contributed by atoms with Crippen molar-refractivity contribution in [1.29, 1.82) is 0 Å². The molecule has 3 rings (SSSR count). The lowest BCUT2D eigenvalue weighted by Gasteiger charge is -2.17. The Morgan fingerprint density at radius 2 is 1.65 bits per heavy atom. The number of rotatable bonds is 5. The Hall–Kier alpha value is -3.15. The molecular formula is C17H18N6. The third kappa shape index (κ3) is 3.55. The van der Waals surface area contributed by atoms with Gasteiger partial charge in [0.05, 0.1) is 6.04 Å². The fourth-order valence-corrected chi connectivity index (χ4v) is 2.21. The van der Waals surface area contributed by atoms with Crippen molar-refractivity contribution in [3.8, 4) is 0 Å². The summed E-state index contributed by atoms with van der Waals surface area (Å²) in [5.41, 5.74) is 8.70. The minimum absolute atomic E-state index is 0.0853. The molecule has 0 amide bonds. The first-order valence-corrected chi connectivity index (χ1v) is 7.33. The summed E-state index contributed by atoms with van der Waals surface area (Å²) in [6.45, 7) is 2.06. The minimum atomic E-state index is 0.0853. The second-order valence-electron chi connectivity index (χ2n) is 5.12. The molecule has 0 saturated heterocycles. The number of hydrogen-bond acceptors (Lipinski definition) is 6. The van der Waals surface area contributed by atoms with Crippen LogP contribution in [-0.4, -0.2) is 15.0 Å². The normalized spacial score (nSPS) is 11.7. The molecule has 2 heterocycles. The number of aromatic nitrogens is 3. The molecule has 0 fully saturated rings. The van der Waals surface area contributed by atoms with Crippen LogP contribution in [0.25, 0.3) is 0 Å². The quantitative estimate of drug-likeness (QED) is 0.669. The number of nitrogens with two attached hydrogens (primary N) is 1. The molecule has 3 aromatic rings. The van der Waals surface area contributed by atoms with Crippen molar-refractivity contribution in [3.05, 3.63) is 66.7 Å². The molecule has 1 unspecified atom stereocenters. The Balaban J connectivity index is 1.80. The highest BCUT2D eigenvalue weighted by atomic mass is 15.1. The lowest BCUT2D eigenvalue weighted by Crippen LogP contribution is -2.11. The molecule has 2 aromatic heterocycles. The molecule has 1 aromatic carbocycles. The van der Waals surface area contributed by atoms with Crippen molar-refractivity contribution >= 4 is 23.0 Å². The van der Waals surface area contributed by atoms with E-state index in [1.807, 2.05) is 30.3 Å². The van der Waals surface area contributed by atoms with Crippen molar-refractivity contribution in [2.24, 2.45) is 0 Å². The molecule has 4 N–H and O–H groups in total. The molecule has 6 heteroatoms. The van der Waals surface area contributed by atoms with Gasteiger partial charge in [0.2, 0.25) is 0 Å². The Bertz CT molecular complexity index is 761. The molecule has 116 valence electrons. The molecule has 0 aliphatic carbocycles. The highest BCUT2D eigenvalue weighted by Crippen LogP contribution is 2.28. The smallest absolute Gasteiger partial charge is 0.159 e. The number of nitrogen functional groups attached to an aromatic ring is 1. The van der Waals surface area contributed by atoms with Gasteiger partial charge in [0.1, 0.15) is 12.0 Å². The zero-order valence-corrected chi connectivity index (χ0v) is 12.8. The van der Waals surface area contributed by atoms with Gasteiger partial charge in [-0.2, -0.15) is 0 Å². The first kappa shape index (κ1) is 14.8. The summed E-state index contributed by atoms with van der Waals surface area (Å²) in [7, 11) is 0. The van der Waals surface area contributed by atoms with Crippen LogP contribution < -0.4 is 16.4 Å². The maximum absolute atomic E-state index is 6.19. The summed E-state index contributed by atoms with van der Waals surface area (Å²) >= 11 is 0. The van der Waals surface area contributed by atoms with Crippen LogP contribution in [0.4, 0.5) is 23.0 Å². The van der Waals surface area contributed by atoms with Gasteiger partial charge in [0, 0.05) is 18.1 Å². The van der Waals surface area contributed by atoms with Crippen LogP contribution in [0.1, 0.15) is 18.5 Å². The Labute approximate surface area is 134 Å². The van der Waals surface area contributed by atoms with Gasteiger partial charge in [-0.1, -0.05) is 30.3 Å². The topological polar surface area (TPSA) is 88.8 Å². The summed E-state index contributed by atoms with van der Waals surface area (Å²) in [5.74, 6) is 1.17. The molecule has 0 aliphatic rings. The predicted molar refractivity (Wildman–Crippen MR) is 92.4 cm³/mol.